The molecule has 0 N–H and O–H groups in total. The van der Waals surface area contributed by atoms with Crippen molar-refractivity contribution in [2.75, 3.05) is 19.8 Å². The highest BCUT2D eigenvalue weighted by Crippen LogP contribution is 2.29. The lowest BCUT2D eigenvalue weighted by atomic mass is 10.1. The third-order valence-electron chi connectivity index (χ3n) is 4.00. The van der Waals surface area contributed by atoms with Gasteiger partial charge in [0.15, 0.2) is 0 Å². The van der Waals surface area contributed by atoms with Crippen LogP contribution in [0.25, 0.3) is 21.8 Å². The van der Waals surface area contributed by atoms with Crippen LogP contribution in [0.1, 0.15) is 19.4 Å². The van der Waals surface area contributed by atoms with Crippen LogP contribution in [0.5, 0.6) is 0 Å². The Bertz CT molecular complexity index is 761. The molecule has 3 aromatic rings. The van der Waals surface area contributed by atoms with E-state index in [1.54, 1.807) is 0 Å². The van der Waals surface area contributed by atoms with Gasteiger partial charge in [-0.3, -0.25) is 0 Å². The Labute approximate surface area is 131 Å². The second-order valence-corrected chi connectivity index (χ2v) is 5.36. The zero-order chi connectivity index (χ0) is 15.4. The van der Waals surface area contributed by atoms with Crippen LogP contribution >= 0.6 is 0 Å². The fourth-order valence-corrected chi connectivity index (χ4v) is 2.98. The lowest BCUT2D eigenvalue weighted by molar-refractivity contribution is 0.0453. The number of nitrogens with zero attached hydrogens (tertiary/aromatic N) is 1. The quantitative estimate of drug-likeness (QED) is 0.605. The van der Waals surface area contributed by atoms with Crippen LogP contribution in [0.15, 0.2) is 42.5 Å². The first-order chi connectivity index (χ1) is 10.8. The zero-order valence-corrected chi connectivity index (χ0v) is 13.3. The number of benzene rings is 2. The molecule has 3 rings (SSSR count). The van der Waals surface area contributed by atoms with E-state index in [1.807, 2.05) is 6.92 Å². The standard InChI is InChI=1S/C19H23NO2/c1-3-20-18-8-6-5-7-16(18)17-13-15(9-10-19(17)20)14-22-12-11-21-4-2/h5-10,13H,3-4,11-12,14H2,1-2H3. The van der Waals surface area contributed by atoms with Gasteiger partial charge in [0.1, 0.15) is 0 Å². The van der Waals surface area contributed by atoms with Crippen molar-refractivity contribution in [3.8, 4) is 0 Å². The molecule has 3 nitrogen and oxygen atoms in total. The molecular formula is C19H23NO2. The Morgan fingerprint density at radius 2 is 1.64 bits per heavy atom. The molecule has 1 aromatic heterocycles. The van der Waals surface area contributed by atoms with Crippen molar-refractivity contribution in [3.63, 3.8) is 0 Å². The van der Waals surface area contributed by atoms with Gasteiger partial charge in [0, 0.05) is 35.0 Å². The number of aromatic nitrogens is 1. The zero-order valence-electron chi connectivity index (χ0n) is 13.3. The molecule has 0 saturated heterocycles. The molecule has 1 heterocycles. The fraction of sp³-hybridized carbons (Fsp3) is 0.368. The van der Waals surface area contributed by atoms with Crippen LogP contribution in [-0.2, 0) is 22.6 Å². The van der Waals surface area contributed by atoms with E-state index in [2.05, 4.69) is 54.0 Å². The predicted octanol–water partition coefficient (Wildman–Crippen LogP) is 4.37. The van der Waals surface area contributed by atoms with Gasteiger partial charge in [0.05, 0.1) is 19.8 Å². The summed E-state index contributed by atoms with van der Waals surface area (Å²) in [6, 6.07) is 15.2. The van der Waals surface area contributed by atoms with Gasteiger partial charge in [-0.25, -0.2) is 0 Å². The van der Waals surface area contributed by atoms with Crippen molar-refractivity contribution in [2.24, 2.45) is 0 Å². The average Bonchev–Trinajstić information content (AvgIpc) is 2.88. The fourth-order valence-electron chi connectivity index (χ4n) is 2.98. The molecule has 0 spiro atoms. The molecule has 0 aliphatic heterocycles. The van der Waals surface area contributed by atoms with Crippen molar-refractivity contribution < 1.29 is 9.47 Å². The van der Waals surface area contributed by atoms with E-state index >= 15 is 0 Å². The normalized spacial score (nSPS) is 11.5. The van der Waals surface area contributed by atoms with Gasteiger partial charge in [0.25, 0.3) is 0 Å². The summed E-state index contributed by atoms with van der Waals surface area (Å²) in [7, 11) is 0. The molecule has 0 atom stereocenters. The van der Waals surface area contributed by atoms with Crippen LogP contribution in [0.3, 0.4) is 0 Å². The smallest absolute Gasteiger partial charge is 0.0718 e. The number of ether oxygens (including phenoxy) is 2. The van der Waals surface area contributed by atoms with Crippen LogP contribution in [-0.4, -0.2) is 24.4 Å². The van der Waals surface area contributed by atoms with E-state index in [0.29, 0.717) is 19.8 Å². The van der Waals surface area contributed by atoms with E-state index in [-0.39, 0.29) is 0 Å². The van der Waals surface area contributed by atoms with Crippen LogP contribution in [0.2, 0.25) is 0 Å². The molecule has 2 aromatic carbocycles. The monoisotopic (exact) mass is 297 g/mol. The largest absolute Gasteiger partial charge is 0.379 e. The summed E-state index contributed by atoms with van der Waals surface area (Å²) in [5, 5.41) is 2.62. The minimum absolute atomic E-state index is 0.634. The highest BCUT2D eigenvalue weighted by atomic mass is 16.5. The minimum Gasteiger partial charge on any atom is -0.379 e. The molecular weight excluding hydrogens is 274 g/mol. The van der Waals surface area contributed by atoms with Gasteiger partial charge >= 0.3 is 0 Å². The maximum absolute atomic E-state index is 5.68. The van der Waals surface area contributed by atoms with E-state index in [0.717, 1.165) is 13.2 Å². The third kappa shape index (κ3) is 2.87. The number of para-hydroxylation sites is 1. The van der Waals surface area contributed by atoms with Crippen LogP contribution in [0, 0.1) is 0 Å². The Kier molecular flexibility index (Phi) is 4.76. The maximum Gasteiger partial charge on any atom is 0.0718 e. The molecule has 0 saturated carbocycles. The number of hydrogen-bond acceptors (Lipinski definition) is 2. The summed E-state index contributed by atoms with van der Waals surface area (Å²) in [4.78, 5) is 0. The molecule has 22 heavy (non-hydrogen) atoms. The van der Waals surface area contributed by atoms with E-state index in [4.69, 9.17) is 9.47 Å². The number of fused-ring (bicyclic) bond motifs is 3. The molecule has 0 fully saturated rings. The highest BCUT2D eigenvalue weighted by Gasteiger charge is 2.09. The number of aryl methyl sites for hydroxylation is 1. The molecule has 0 aliphatic rings. The van der Waals surface area contributed by atoms with Crippen molar-refractivity contribution >= 4 is 21.8 Å². The van der Waals surface area contributed by atoms with Gasteiger partial charge < -0.3 is 14.0 Å². The lowest BCUT2D eigenvalue weighted by Crippen LogP contribution is -2.03. The summed E-state index contributed by atoms with van der Waals surface area (Å²) >= 11 is 0. The summed E-state index contributed by atoms with van der Waals surface area (Å²) in [5.74, 6) is 0. The van der Waals surface area contributed by atoms with Gasteiger partial charge in [-0.2, -0.15) is 0 Å². The first-order valence-electron chi connectivity index (χ1n) is 8.00. The number of rotatable bonds is 7. The van der Waals surface area contributed by atoms with Gasteiger partial charge in [0.2, 0.25) is 0 Å². The average molecular weight is 297 g/mol. The summed E-state index contributed by atoms with van der Waals surface area (Å²) in [5.41, 5.74) is 3.80. The second-order valence-electron chi connectivity index (χ2n) is 5.36. The number of hydrogen-bond donors (Lipinski definition) is 0. The first kappa shape index (κ1) is 15.1. The van der Waals surface area contributed by atoms with Crippen molar-refractivity contribution in [1.82, 2.24) is 4.57 Å². The van der Waals surface area contributed by atoms with Crippen LogP contribution < -0.4 is 0 Å². The summed E-state index contributed by atoms with van der Waals surface area (Å²) in [6.45, 7) is 7.85. The Hall–Kier alpha value is -1.84. The van der Waals surface area contributed by atoms with Crippen molar-refractivity contribution in [1.29, 1.82) is 0 Å². The summed E-state index contributed by atoms with van der Waals surface area (Å²) in [6.07, 6.45) is 0. The SMILES string of the molecule is CCOCCOCc1ccc2c(c1)c1ccccc1n2CC. The molecule has 0 aliphatic carbocycles. The van der Waals surface area contributed by atoms with Gasteiger partial charge in [-0.1, -0.05) is 24.3 Å². The van der Waals surface area contributed by atoms with Crippen molar-refractivity contribution in [2.45, 2.75) is 27.0 Å². The Morgan fingerprint density at radius 3 is 2.45 bits per heavy atom. The third-order valence-corrected chi connectivity index (χ3v) is 4.00. The maximum atomic E-state index is 5.68. The molecule has 0 bridgehead atoms. The Morgan fingerprint density at radius 1 is 0.864 bits per heavy atom. The second kappa shape index (κ2) is 6.95. The topological polar surface area (TPSA) is 23.4 Å². The molecule has 0 amide bonds. The highest BCUT2D eigenvalue weighted by molar-refractivity contribution is 6.08. The Balaban J connectivity index is 1.88. The summed E-state index contributed by atoms with van der Waals surface area (Å²) < 4.78 is 13.3. The van der Waals surface area contributed by atoms with E-state index in [9.17, 15) is 0 Å². The minimum atomic E-state index is 0.634. The van der Waals surface area contributed by atoms with Crippen LogP contribution in [0.4, 0.5) is 0 Å². The molecule has 116 valence electrons. The molecule has 0 radical (unpaired) electrons. The predicted molar refractivity (Wildman–Crippen MR) is 91.3 cm³/mol. The molecule has 0 unspecified atom stereocenters. The van der Waals surface area contributed by atoms with E-state index < -0.39 is 0 Å². The van der Waals surface area contributed by atoms with E-state index in [1.165, 1.54) is 27.4 Å². The molecule has 3 heteroatoms. The van der Waals surface area contributed by atoms with Gasteiger partial charge in [-0.05, 0) is 37.6 Å². The lowest BCUT2D eigenvalue weighted by Gasteiger charge is -2.06. The first-order valence-corrected chi connectivity index (χ1v) is 8.00. The van der Waals surface area contributed by atoms with Crippen molar-refractivity contribution in [3.05, 3.63) is 48.0 Å². The van der Waals surface area contributed by atoms with Gasteiger partial charge in [-0.15, -0.1) is 0 Å².